The van der Waals surface area contributed by atoms with Crippen molar-refractivity contribution in [1.29, 1.82) is 0 Å². The molecule has 0 spiro atoms. The maximum atomic E-state index is 13.1. The quantitative estimate of drug-likeness (QED) is 0.933. The maximum absolute atomic E-state index is 13.1. The Hall–Kier alpha value is -2.15. The molecule has 0 bridgehead atoms. The minimum absolute atomic E-state index is 0.0173. The fourth-order valence-corrected chi connectivity index (χ4v) is 3.49. The molecule has 124 valence electrons. The average Bonchev–Trinajstić information content (AvgIpc) is 3.24. The summed E-state index contributed by atoms with van der Waals surface area (Å²) in [6.07, 6.45) is 2.22. The number of aromatic amines is 1. The normalized spacial score (nSPS) is 21.1. The first-order valence-electron chi connectivity index (χ1n) is 7.92. The highest BCUT2D eigenvalue weighted by molar-refractivity contribution is 5.96. The van der Waals surface area contributed by atoms with Gasteiger partial charge in [0.05, 0.1) is 17.7 Å². The summed E-state index contributed by atoms with van der Waals surface area (Å²) in [5.74, 6) is 0.737. The number of likely N-dealkylation sites (tertiary alicyclic amines) is 1. The van der Waals surface area contributed by atoms with Crippen LogP contribution >= 0.6 is 0 Å². The van der Waals surface area contributed by atoms with Crippen LogP contribution in [-0.4, -0.2) is 50.3 Å². The van der Waals surface area contributed by atoms with Gasteiger partial charge in [0.2, 0.25) is 0 Å². The minimum Gasteiger partial charge on any atom is -0.380 e. The molecule has 0 radical (unpaired) electrons. The number of rotatable bonds is 4. The Bertz CT molecular complexity index is 692. The van der Waals surface area contributed by atoms with Gasteiger partial charge in [0.15, 0.2) is 0 Å². The molecule has 3 heterocycles. The number of hydrogen-bond donors (Lipinski definition) is 1. The number of hydrogen-bond acceptors (Lipinski definition) is 4. The summed E-state index contributed by atoms with van der Waals surface area (Å²) in [4.78, 5) is 19.2. The molecular formula is C16H23N5O2. The predicted molar refractivity (Wildman–Crippen MR) is 85.2 cm³/mol. The molecular weight excluding hydrogens is 294 g/mol. The van der Waals surface area contributed by atoms with Crippen LogP contribution in [0, 0.1) is 13.8 Å². The standard InChI is InChI=1S/C16H23N5O2/c1-5-20-10(2)6-13(11(20)3)16(22)21-8-12(23-4)7-14(21)15-17-9-18-19-15/h6,9,12,14H,5,7-8H2,1-4H3,(H,17,18,19)/t12-,14+/m1/s1. The first-order valence-corrected chi connectivity index (χ1v) is 7.92. The van der Waals surface area contributed by atoms with Crippen molar-refractivity contribution in [2.75, 3.05) is 13.7 Å². The summed E-state index contributed by atoms with van der Waals surface area (Å²) in [6.45, 7) is 7.54. The lowest BCUT2D eigenvalue weighted by Gasteiger charge is -2.22. The number of nitrogens with zero attached hydrogens (tertiary/aromatic N) is 4. The molecule has 1 aliphatic rings. The Kier molecular flexibility index (Phi) is 4.21. The number of ether oxygens (including phenoxy) is 1. The number of aromatic nitrogens is 4. The van der Waals surface area contributed by atoms with Gasteiger partial charge in [-0.2, -0.15) is 5.10 Å². The zero-order valence-corrected chi connectivity index (χ0v) is 14.0. The van der Waals surface area contributed by atoms with E-state index in [4.69, 9.17) is 4.74 Å². The molecule has 0 saturated carbocycles. The zero-order chi connectivity index (χ0) is 16.6. The van der Waals surface area contributed by atoms with Crippen LogP contribution < -0.4 is 0 Å². The lowest BCUT2D eigenvalue weighted by Crippen LogP contribution is -2.32. The van der Waals surface area contributed by atoms with E-state index in [1.807, 2.05) is 24.8 Å². The number of carbonyl (C=O) groups is 1. The van der Waals surface area contributed by atoms with E-state index in [0.29, 0.717) is 12.4 Å². The lowest BCUT2D eigenvalue weighted by molar-refractivity contribution is 0.0683. The van der Waals surface area contributed by atoms with Gasteiger partial charge >= 0.3 is 0 Å². The third-order valence-electron chi connectivity index (χ3n) is 4.73. The van der Waals surface area contributed by atoms with E-state index in [-0.39, 0.29) is 18.1 Å². The summed E-state index contributed by atoms with van der Waals surface area (Å²) >= 11 is 0. The predicted octanol–water partition coefficient (Wildman–Crippen LogP) is 1.85. The molecule has 0 unspecified atom stereocenters. The Morgan fingerprint density at radius 3 is 2.83 bits per heavy atom. The molecule has 1 fully saturated rings. The molecule has 0 aromatic carbocycles. The topological polar surface area (TPSA) is 76.0 Å². The first kappa shape index (κ1) is 15.7. The van der Waals surface area contributed by atoms with E-state index in [0.717, 1.165) is 29.9 Å². The molecule has 7 heteroatoms. The molecule has 7 nitrogen and oxygen atoms in total. The van der Waals surface area contributed by atoms with Crippen LogP contribution in [0.2, 0.25) is 0 Å². The fourth-order valence-electron chi connectivity index (χ4n) is 3.49. The van der Waals surface area contributed by atoms with Crippen molar-refractivity contribution in [2.45, 2.75) is 45.9 Å². The third kappa shape index (κ3) is 2.65. The second-order valence-electron chi connectivity index (χ2n) is 5.97. The van der Waals surface area contributed by atoms with Gasteiger partial charge in [-0.15, -0.1) is 0 Å². The van der Waals surface area contributed by atoms with Gasteiger partial charge in [-0.05, 0) is 26.8 Å². The number of H-pyrrole nitrogens is 1. The molecule has 2 atom stereocenters. The number of amides is 1. The Balaban J connectivity index is 1.93. The summed E-state index contributed by atoms with van der Waals surface area (Å²) in [7, 11) is 1.68. The van der Waals surface area contributed by atoms with Crippen molar-refractivity contribution in [3.05, 3.63) is 35.2 Å². The van der Waals surface area contributed by atoms with E-state index in [1.165, 1.54) is 6.33 Å². The first-order chi connectivity index (χ1) is 11.1. The average molecular weight is 317 g/mol. The summed E-state index contributed by atoms with van der Waals surface area (Å²) < 4.78 is 7.63. The number of nitrogens with one attached hydrogen (secondary N) is 1. The third-order valence-corrected chi connectivity index (χ3v) is 4.73. The molecule has 2 aromatic rings. The van der Waals surface area contributed by atoms with Gasteiger partial charge in [0.1, 0.15) is 12.2 Å². The van der Waals surface area contributed by atoms with Gasteiger partial charge in [-0.3, -0.25) is 9.89 Å². The molecule has 1 N–H and O–H groups in total. The highest BCUT2D eigenvalue weighted by Gasteiger charge is 2.39. The largest absolute Gasteiger partial charge is 0.380 e. The Labute approximate surface area is 135 Å². The molecule has 1 aliphatic heterocycles. The fraction of sp³-hybridized carbons (Fsp3) is 0.562. The van der Waals surface area contributed by atoms with E-state index in [2.05, 4.69) is 26.7 Å². The van der Waals surface area contributed by atoms with Crippen LogP contribution in [0.25, 0.3) is 0 Å². The van der Waals surface area contributed by atoms with Crippen LogP contribution in [0.1, 0.15) is 47.0 Å². The molecule has 0 aliphatic carbocycles. The highest BCUT2D eigenvalue weighted by Crippen LogP contribution is 2.33. The van der Waals surface area contributed by atoms with Gasteiger partial charge in [0, 0.05) is 38.0 Å². The monoisotopic (exact) mass is 317 g/mol. The van der Waals surface area contributed by atoms with Crippen molar-refractivity contribution < 1.29 is 9.53 Å². The van der Waals surface area contributed by atoms with Gasteiger partial charge in [0.25, 0.3) is 5.91 Å². The zero-order valence-electron chi connectivity index (χ0n) is 14.0. The molecule has 1 saturated heterocycles. The van der Waals surface area contributed by atoms with Crippen molar-refractivity contribution in [2.24, 2.45) is 0 Å². The second-order valence-corrected chi connectivity index (χ2v) is 5.97. The van der Waals surface area contributed by atoms with Gasteiger partial charge in [-0.25, -0.2) is 4.98 Å². The van der Waals surface area contributed by atoms with Crippen LogP contribution in [0.3, 0.4) is 0 Å². The number of aryl methyl sites for hydroxylation is 1. The highest BCUT2D eigenvalue weighted by atomic mass is 16.5. The van der Waals surface area contributed by atoms with Crippen molar-refractivity contribution in [3.8, 4) is 0 Å². The molecule has 3 rings (SSSR count). The van der Waals surface area contributed by atoms with E-state index in [1.54, 1.807) is 7.11 Å². The van der Waals surface area contributed by atoms with Crippen LogP contribution in [0.15, 0.2) is 12.4 Å². The lowest BCUT2D eigenvalue weighted by atomic mass is 10.1. The van der Waals surface area contributed by atoms with E-state index < -0.39 is 0 Å². The SMILES string of the molecule is CCn1c(C)cc(C(=O)N2C[C@H](OC)C[C@H]2c2ncn[nH]2)c1C. The van der Waals surface area contributed by atoms with Crippen molar-refractivity contribution in [1.82, 2.24) is 24.6 Å². The van der Waals surface area contributed by atoms with Gasteiger partial charge in [-0.1, -0.05) is 0 Å². The van der Waals surface area contributed by atoms with Crippen LogP contribution in [0.5, 0.6) is 0 Å². The summed E-state index contributed by atoms with van der Waals surface area (Å²) in [5, 5.41) is 6.80. The Morgan fingerprint density at radius 1 is 1.48 bits per heavy atom. The van der Waals surface area contributed by atoms with Crippen LogP contribution in [0.4, 0.5) is 0 Å². The molecule has 23 heavy (non-hydrogen) atoms. The van der Waals surface area contributed by atoms with E-state index in [9.17, 15) is 4.79 Å². The van der Waals surface area contributed by atoms with Crippen molar-refractivity contribution >= 4 is 5.91 Å². The summed E-state index contributed by atoms with van der Waals surface area (Å²) in [5.41, 5.74) is 2.87. The van der Waals surface area contributed by atoms with Gasteiger partial charge < -0.3 is 14.2 Å². The number of carbonyl (C=O) groups excluding carboxylic acids is 1. The van der Waals surface area contributed by atoms with E-state index >= 15 is 0 Å². The molecule has 2 aromatic heterocycles. The van der Waals surface area contributed by atoms with Crippen LogP contribution in [-0.2, 0) is 11.3 Å². The second kappa shape index (κ2) is 6.16. The minimum atomic E-state index is -0.125. The summed E-state index contributed by atoms with van der Waals surface area (Å²) in [6, 6.07) is 1.85. The molecule has 1 amide bonds. The smallest absolute Gasteiger partial charge is 0.256 e. The Morgan fingerprint density at radius 2 is 2.26 bits per heavy atom. The maximum Gasteiger partial charge on any atom is 0.256 e. The number of methoxy groups -OCH3 is 1. The van der Waals surface area contributed by atoms with Crippen molar-refractivity contribution in [3.63, 3.8) is 0 Å².